The van der Waals surface area contributed by atoms with Crippen molar-refractivity contribution in [1.82, 2.24) is 5.48 Å². The van der Waals surface area contributed by atoms with Crippen LogP contribution in [0.5, 0.6) is 0 Å². The highest BCUT2D eigenvalue weighted by atomic mass is 16.6. The number of nitrogens with one attached hydrogen (secondary N) is 1. The summed E-state index contributed by atoms with van der Waals surface area (Å²) in [5.41, 5.74) is 2.75. The van der Waals surface area contributed by atoms with E-state index in [1.54, 1.807) is 6.08 Å². The topological polar surface area (TPSA) is 21.3 Å². The van der Waals surface area contributed by atoms with Crippen LogP contribution in [0, 0.1) is 0 Å². The van der Waals surface area contributed by atoms with Gasteiger partial charge in [-0.25, -0.2) is 0 Å². The summed E-state index contributed by atoms with van der Waals surface area (Å²) in [5.74, 6) is 0. The molecule has 0 aromatic rings. The van der Waals surface area contributed by atoms with E-state index in [0.717, 1.165) is 19.6 Å². The SMILES string of the molecule is C=CCNOCCCC. The first-order valence-corrected chi connectivity index (χ1v) is 3.37. The normalized spacial score (nSPS) is 9.44. The van der Waals surface area contributed by atoms with Crippen LogP contribution in [0.2, 0.25) is 0 Å². The number of hydroxylamine groups is 1. The minimum absolute atomic E-state index is 0.726. The predicted molar refractivity (Wildman–Crippen MR) is 39.1 cm³/mol. The first-order valence-electron chi connectivity index (χ1n) is 3.37. The number of hydrogen-bond donors (Lipinski definition) is 1. The number of unbranched alkanes of at least 4 members (excludes halogenated alkanes) is 1. The van der Waals surface area contributed by atoms with Crippen LogP contribution in [0.4, 0.5) is 0 Å². The molecule has 0 radical (unpaired) electrons. The van der Waals surface area contributed by atoms with Gasteiger partial charge in [0.15, 0.2) is 0 Å². The minimum Gasteiger partial charge on any atom is -0.302 e. The summed E-state index contributed by atoms with van der Waals surface area (Å²) in [6, 6.07) is 0. The molecule has 0 aliphatic heterocycles. The highest BCUT2D eigenvalue weighted by molar-refractivity contribution is 4.65. The summed E-state index contributed by atoms with van der Waals surface area (Å²) in [4.78, 5) is 4.99. The van der Waals surface area contributed by atoms with Gasteiger partial charge >= 0.3 is 0 Å². The smallest absolute Gasteiger partial charge is 0.0682 e. The van der Waals surface area contributed by atoms with Crippen LogP contribution in [-0.2, 0) is 4.84 Å². The van der Waals surface area contributed by atoms with E-state index in [1.807, 2.05) is 0 Å². The fraction of sp³-hybridized carbons (Fsp3) is 0.714. The molecule has 0 fully saturated rings. The van der Waals surface area contributed by atoms with Gasteiger partial charge in [-0.3, -0.25) is 0 Å². The van der Waals surface area contributed by atoms with Crippen molar-refractivity contribution in [2.45, 2.75) is 19.8 Å². The lowest BCUT2D eigenvalue weighted by molar-refractivity contribution is 0.0466. The van der Waals surface area contributed by atoms with Crippen LogP contribution in [0.1, 0.15) is 19.8 Å². The Morgan fingerprint density at radius 1 is 1.67 bits per heavy atom. The van der Waals surface area contributed by atoms with Gasteiger partial charge in [0.25, 0.3) is 0 Å². The summed E-state index contributed by atoms with van der Waals surface area (Å²) in [7, 11) is 0. The van der Waals surface area contributed by atoms with Gasteiger partial charge in [0.1, 0.15) is 0 Å². The molecule has 0 saturated carbocycles. The summed E-state index contributed by atoms with van der Waals surface area (Å²) < 4.78 is 0. The Balaban J connectivity index is 2.66. The summed E-state index contributed by atoms with van der Waals surface area (Å²) >= 11 is 0. The maximum Gasteiger partial charge on any atom is 0.0682 e. The van der Waals surface area contributed by atoms with Crippen molar-refractivity contribution >= 4 is 0 Å². The van der Waals surface area contributed by atoms with Crippen LogP contribution in [0.3, 0.4) is 0 Å². The van der Waals surface area contributed by atoms with E-state index in [2.05, 4.69) is 19.0 Å². The Bertz CT molecular complexity index is 63.9. The second-order valence-electron chi connectivity index (χ2n) is 1.84. The zero-order chi connectivity index (χ0) is 6.95. The molecule has 0 heterocycles. The fourth-order valence-electron chi connectivity index (χ4n) is 0.407. The van der Waals surface area contributed by atoms with Crippen molar-refractivity contribution in [2.75, 3.05) is 13.2 Å². The molecule has 0 aliphatic carbocycles. The van der Waals surface area contributed by atoms with Crippen LogP contribution in [0.15, 0.2) is 12.7 Å². The predicted octanol–water partition coefficient (Wildman–Crippen LogP) is 1.49. The van der Waals surface area contributed by atoms with E-state index in [0.29, 0.717) is 0 Å². The highest BCUT2D eigenvalue weighted by Crippen LogP contribution is 1.84. The average Bonchev–Trinajstić information content (AvgIpc) is 1.89. The molecule has 2 nitrogen and oxygen atoms in total. The van der Waals surface area contributed by atoms with Crippen molar-refractivity contribution in [3.63, 3.8) is 0 Å². The van der Waals surface area contributed by atoms with Gasteiger partial charge < -0.3 is 4.84 Å². The standard InChI is InChI=1S/C7H15NO/c1-3-5-7-9-8-6-4-2/h4,8H,2-3,5-7H2,1H3. The minimum atomic E-state index is 0.726. The average molecular weight is 129 g/mol. The zero-order valence-electron chi connectivity index (χ0n) is 6.02. The monoisotopic (exact) mass is 129 g/mol. The van der Waals surface area contributed by atoms with Crippen molar-refractivity contribution in [2.24, 2.45) is 0 Å². The molecule has 0 aromatic heterocycles. The van der Waals surface area contributed by atoms with E-state index >= 15 is 0 Å². The van der Waals surface area contributed by atoms with E-state index in [4.69, 9.17) is 4.84 Å². The molecule has 0 aliphatic rings. The fourth-order valence-corrected chi connectivity index (χ4v) is 0.407. The van der Waals surface area contributed by atoms with Gasteiger partial charge in [0.05, 0.1) is 6.61 Å². The van der Waals surface area contributed by atoms with Gasteiger partial charge in [-0.05, 0) is 6.42 Å². The molecule has 0 rings (SSSR count). The Labute approximate surface area is 56.9 Å². The first-order chi connectivity index (χ1) is 4.41. The Morgan fingerprint density at radius 2 is 2.44 bits per heavy atom. The summed E-state index contributed by atoms with van der Waals surface area (Å²) in [5, 5.41) is 0. The van der Waals surface area contributed by atoms with Gasteiger partial charge in [0.2, 0.25) is 0 Å². The molecule has 0 unspecified atom stereocenters. The zero-order valence-corrected chi connectivity index (χ0v) is 6.02. The van der Waals surface area contributed by atoms with Crippen LogP contribution in [-0.4, -0.2) is 13.2 Å². The molecule has 2 heteroatoms. The Morgan fingerprint density at radius 3 is 3.00 bits per heavy atom. The molecule has 0 amide bonds. The maximum absolute atomic E-state index is 4.99. The number of hydrogen-bond acceptors (Lipinski definition) is 2. The largest absolute Gasteiger partial charge is 0.302 e. The molecule has 0 saturated heterocycles. The lowest BCUT2D eigenvalue weighted by Gasteiger charge is -2.00. The third-order valence-electron chi connectivity index (χ3n) is 0.930. The van der Waals surface area contributed by atoms with Gasteiger partial charge in [-0.15, -0.1) is 6.58 Å². The molecule has 9 heavy (non-hydrogen) atoms. The number of rotatable bonds is 6. The summed E-state index contributed by atoms with van der Waals surface area (Å²) in [6.45, 7) is 7.19. The third kappa shape index (κ3) is 7.66. The lowest BCUT2D eigenvalue weighted by Crippen LogP contribution is -2.14. The maximum atomic E-state index is 4.99. The molecule has 0 atom stereocenters. The highest BCUT2D eigenvalue weighted by Gasteiger charge is 1.81. The van der Waals surface area contributed by atoms with Crippen LogP contribution < -0.4 is 5.48 Å². The van der Waals surface area contributed by atoms with Gasteiger partial charge in [-0.1, -0.05) is 19.4 Å². The molecular formula is C7H15NO. The van der Waals surface area contributed by atoms with Crippen molar-refractivity contribution < 1.29 is 4.84 Å². The lowest BCUT2D eigenvalue weighted by atomic mass is 10.4. The van der Waals surface area contributed by atoms with Gasteiger partial charge in [0, 0.05) is 6.54 Å². The van der Waals surface area contributed by atoms with Gasteiger partial charge in [-0.2, -0.15) is 5.48 Å². The van der Waals surface area contributed by atoms with E-state index in [9.17, 15) is 0 Å². The first kappa shape index (κ1) is 8.66. The third-order valence-corrected chi connectivity index (χ3v) is 0.930. The summed E-state index contributed by atoms with van der Waals surface area (Å²) in [6.07, 6.45) is 4.06. The van der Waals surface area contributed by atoms with Crippen LogP contribution >= 0.6 is 0 Å². The Hall–Kier alpha value is -0.340. The van der Waals surface area contributed by atoms with Crippen molar-refractivity contribution in [3.8, 4) is 0 Å². The Kier molecular flexibility index (Phi) is 7.37. The van der Waals surface area contributed by atoms with Crippen molar-refractivity contribution in [1.29, 1.82) is 0 Å². The second-order valence-corrected chi connectivity index (χ2v) is 1.84. The molecule has 0 aromatic carbocycles. The molecular weight excluding hydrogens is 114 g/mol. The molecule has 0 spiro atoms. The molecule has 1 N–H and O–H groups in total. The van der Waals surface area contributed by atoms with E-state index in [-0.39, 0.29) is 0 Å². The van der Waals surface area contributed by atoms with E-state index in [1.165, 1.54) is 6.42 Å². The quantitative estimate of drug-likeness (QED) is 0.333. The molecule has 0 bridgehead atoms. The van der Waals surface area contributed by atoms with Crippen molar-refractivity contribution in [3.05, 3.63) is 12.7 Å². The molecule has 54 valence electrons. The van der Waals surface area contributed by atoms with E-state index < -0.39 is 0 Å². The van der Waals surface area contributed by atoms with Crippen LogP contribution in [0.25, 0.3) is 0 Å². The second kappa shape index (κ2) is 7.66.